The van der Waals surface area contributed by atoms with Gasteiger partial charge in [-0.3, -0.25) is 9.59 Å². The smallest absolute Gasteiger partial charge is 0.305 e. The molecule has 0 aliphatic rings. The minimum Gasteiger partial charge on any atom is -0.462 e. The third-order valence-electron chi connectivity index (χ3n) is 6.08. The van der Waals surface area contributed by atoms with Gasteiger partial charge in [0.15, 0.2) is 0 Å². The van der Waals surface area contributed by atoms with Crippen molar-refractivity contribution in [1.29, 1.82) is 0 Å². The van der Waals surface area contributed by atoms with Crippen LogP contribution < -0.4 is 0 Å². The van der Waals surface area contributed by atoms with Crippen molar-refractivity contribution >= 4 is 12.4 Å². The normalized spacial score (nSPS) is 18.6. The number of aliphatic hydroxyl groups is 1. The number of amides is 1. The van der Waals surface area contributed by atoms with Gasteiger partial charge in [0.05, 0.1) is 18.3 Å². The second-order valence-corrected chi connectivity index (χ2v) is 8.54. The summed E-state index contributed by atoms with van der Waals surface area (Å²) in [4.78, 5) is 24.4. The Hall–Kier alpha value is -1.44. The molecule has 1 N–H and O–H groups in total. The van der Waals surface area contributed by atoms with Crippen LogP contribution in [0, 0.1) is 17.8 Å². The second-order valence-electron chi connectivity index (χ2n) is 8.54. The van der Waals surface area contributed by atoms with E-state index in [1.807, 2.05) is 26.8 Å². The van der Waals surface area contributed by atoms with Crippen molar-refractivity contribution in [3.63, 3.8) is 0 Å². The zero-order valence-electron chi connectivity index (χ0n) is 20.7. The van der Waals surface area contributed by atoms with E-state index in [9.17, 15) is 14.7 Å². The number of carbonyl (C=O) groups is 2. The molecule has 0 aromatic heterocycles. The lowest BCUT2D eigenvalue weighted by atomic mass is 9.84. The predicted octanol–water partition coefficient (Wildman–Crippen LogP) is 3.79. The van der Waals surface area contributed by atoms with Gasteiger partial charge in [-0.05, 0) is 31.6 Å². The summed E-state index contributed by atoms with van der Waals surface area (Å²) >= 11 is 0. The van der Waals surface area contributed by atoms with E-state index < -0.39 is 0 Å². The van der Waals surface area contributed by atoms with Crippen LogP contribution in [0.5, 0.6) is 0 Å². The highest BCUT2D eigenvalue weighted by Gasteiger charge is 2.32. The lowest BCUT2D eigenvalue weighted by Crippen LogP contribution is -2.38. The molecule has 0 aliphatic heterocycles. The predicted molar refractivity (Wildman–Crippen MR) is 122 cm³/mol. The molecule has 0 heterocycles. The summed E-state index contributed by atoms with van der Waals surface area (Å²) in [6.45, 7) is 9.91. The van der Waals surface area contributed by atoms with Gasteiger partial charge in [0.2, 0.25) is 6.41 Å². The number of ether oxygens (including phenoxy) is 3. The van der Waals surface area contributed by atoms with Crippen LogP contribution in [-0.4, -0.2) is 68.1 Å². The SMILES string of the molecule is CCC(=O)O[C@@H](CC[C@H](C)[C@H](C[C@H](O)CC)OC)[C@H](C)[C@H](OC)[C@H](C)/C=C/N(C)C=O. The molecule has 0 rings (SSSR count). The lowest BCUT2D eigenvalue weighted by molar-refractivity contribution is -0.155. The molecular formula is C24H45NO6. The Morgan fingerprint density at radius 1 is 1.06 bits per heavy atom. The minimum absolute atomic E-state index is 0.0223. The molecular weight excluding hydrogens is 398 g/mol. The summed E-state index contributed by atoms with van der Waals surface area (Å²) in [7, 11) is 5.01. The number of nitrogens with zero attached hydrogens (tertiary/aromatic N) is 1. The highest BCUT2D eigenvalue weighted by molar-refractivity contribution is 5.69. The first-order valence-corrected chi connectivity index (χ1v) is 11.4. The average molecular weight is 444 g/mol. The van der Waals surface area contributed by atoms with Crippen LogP contribution in [0.2, 0.25) is 0 Å². The van der Waals surface area contributed by atoms with Crippen LogP contribution in [0.25, 0.3) is 0 Å². The van der Waals surface area contributed by atoms with Gasteiger partial charge in [-0.2, -0.15) is 0 Å². The second kappa shape index (κ2) is 16.2. The van der Waals surface area contributed by atoms with Crippen LogP contribution in [0.1, 0.15) is 66.7 Å². The van der Waals surface area contributed by atoms with E-state index in [4.69, 9.17) is 14.2 Å². The molecule has 7 heteroatoms. The van der Waals surface area contributed by atoms with E-state index in [0.29, 0.717) is 25.7 Å². The van der Waals surface area contributed by atoms with E-state index in [0.717, 1.165) is 12.8 Å². The zero-order chi connectivity index (χ0) is 24.0. The molecule has 0 spiro atoms. The summed E-state index contributed by atoms with van der Waals surface area (Å²) in [5.41, 5.74) is 0. The Kier molecular flexibility index (Phi) is 15.5. The molecule has 182 valence electrons. The molecule has 7 atom stereocenters. The summed E-state index contributed by atoms with van der Waals surface area (Å²) in [5, 5.41) is 10.0. The number of aliphatic hydroxyl groups excluding tert-OH is 1. The summed E-state index contributed by atoms with van der Waals surface area (Å²) < 4.78 is 17.2. The monoisotopic (exact) mass is 443 g/mol. The van der Waals surface area contributed by atoms with Crippen molar-refractivity contribution in [3.05, 3.63) is 12.3 Å². The van der Waals surface area contributed by atoms with Gasteiger partial charge in [0, 0.05) is 45.7 Å². The standard InChI is InChI=1S/C24H45NO6/c1-9-20(27)15-22(29-7)17(3)11-12-21(31-23(28)10-2)19(5)24(30-8)18(4)13-14-25(6)16-26/h13-14,16-22,24,27H,9-12,15H2,1-8H3/b14-13+/t17-,18+,19-,20+,21-,22-,24+/m0/s1. The largest absolute Gasteiger partial charge is 0.462 e. The molecule has 0 unspecified atom stereocenters. The fourth-order valence-electron chi connectivity index (χ4n) is 3.83. The molecule has 0 aromatic rings. The van der Waals surface area contributed by atoms with Crippen LogP contribution >= 0.6 is 0 Å². The minimum atomic E-state index is -0.380. The molecule has 0 saturated heterocycles. The number of carbonyl (C=O) groups excluding carboxylic acids is 2. The molecule has 0 fully saturated rings. The summed E-state index contributed by atoms with van der Waals surface area (Å²) in [5.74, 6) is -0.0427. The van der Waals surface area contributed by atoms with E-state index in [1.165, 1.54) is 4.90 Å². The van der Waals surface area contributed by atoms with Gasteiger partial charge in [-0.1, -0.05) is 40.7 Å². The fraction of sp³-hybridized carbons (Fsp3) is 0.833. The number of hydrogen-bond acceptors (Lipinski definition) is 6. The molecule has 0 aliphatic carbocycles. The quantitative estimate of drug-likeness (QED) is 0.272. The first kappa shape index (κ1) is 29.6. The Morgan fingerprint density at radius 2 is 1.71 bits per heavy atom. The van der Waals surface area contributed by atoms with Gasteiger partial charge < -0.3 is 24.2 Å². The van der Waals surface area contributed by atoms with Crippen molar-refractivity contribution in [2.24, 2.45) is 17.8 Å². The topological polar surface area (TPSA) is 85.3 Å². The van der Waals surface area contributed by atoms with Gasteiger partial charge in [-0.15, -0.1) is 0 Å². The Labute approximate surface area is 189 Å². The summed E-state index contributed by atoms with van der Waals surface area (Å²) in [6, 6.07) is 0. The molecule has 0 saturated carbocycles. The first-order chi connectivity index (χ1) is 14.6. The number of rotatable bonds is 17. The molecule has 0 bridgehead atoms. The van der Waals surface area contributed by atoms with Crippen molar-refractivity contribution in [2.45, 2.75) is 91.1 Å². The fourth-order valence-corrected chi connectivity index (χ4v) is 3.83. The van der Waals surface area contributed by atoms with Crippen LogP contribution in [-0.2, 0) is 23.8 Å². The van der Waals surface area contributed by atoms with Gasteiger partial charge >= 0.3 is 5.97 Å². The number of esters is 1. The Balaban J connectivity index is 5.30. The van der Waals surface area contributed by atoms with Crippen molar-refractivity contribution in [3.8, 4) is 0 Å². The highest BCUT2D eigenvalue weighted by atomic mass is 16.5. The van der Waals surface area contributed by atoms with Crippen LogP contribution in [0.3, 0.4) is 0 Å². The first-order valence-electron chi connectivity index (χ1n) is 11.4. The molecule has 1 amide bonds. The Bertz CT molecular complexity index is 526. The summed E-state index contributed by atoms with van der Waals surface area (Å²) in [6.07, 6.45) is 6.56. The zero-order valence-corrected chi connectivity index (χ0v) is 20.7. The van der Waals surface area contributed by atoms with Crippen molar-refractivity contribution in [1.82, 2.24) is 4.90 Å². The Morgan fingerprint density at radius 3 is 2.19 bits per heavy atom. The van der Waals surface area contributed by atoms with Crippen molar-refractivity contribution < 1.29 is 28.9 Å². The maximum atomic E-state index is 12.1. The molecule has 31 heavy (non-hydrogen) atoms. The van der Waals surface area contributed by atoms with Gasteiger partial charge in [0.1, 0.15) is 6.10 Å². The van der Waals surface area contributed by atoms with E-state index in [-0.39, 0.29) is 48.1 Å². The molecule has 7 nitrogen and oxygen atoms in total. The van der Waals surface area contributed by atoms with Gasteiger partial charge in [0.25, 0.3) is 0 Å². The maximum Gasteiger partial charge on any atom is 0.305 e. The third kappa shape index (κ3) is 11.1. The lowest BCUT2D eigenvalue weighted by Gasteiger charge is -2.34. The third-order valence-corrected chi connectivity index (χ3v) is 6.08. The van der Waals surface area contributed by atoms with Crippen LogP contribution in [0.15, 0.2) is 12.3 Å². The highest BCUT2D eigenvalue weighted by Crippen LogP contribution is 2.28. The van der Waals surface area contributed by atoms with Gasteiger partial charge in [-0.25, -0.2) is 0 Å². The molecule has 0 aromatic carbocycles. The van der Waals surface area contributed by atoms with E-state index in [1.54, 1.807) is 34.4 Å². The van der Waals surface area contributed by atoms with Crippen LogP contribution in [0.4, 0.5) is 0 Å². The average Bonchev–Trinajstić information content (AvgIpc) is 2.77. The van der Waals surface area contributed by atoms with Crippen molar-refractivity contribution in [2.75, 3.05) is 21.3 Å². The number of hydrogen-bond donors (Lipinski definition) is 1. The number of methoxy groups -OCH3 is 2. The maximum absolute atomic E-state index is 12.1. The van der Waals surface area contributed by atoms with E-state index in [2.05, 4.69) is 6.92 Å². The molecule has 0 radical (unpaired) electrons. The van der Waals surface area contributed by atoms with E-state index >= 15 is 0 Å².